The molecule has 0 spiro atoms. The monoisotopic (exact) mass is 283 g/mol. The molecule has 0 aliphatic carbocycles. The van der Waals surface area contributed by atoms with E-state index < -0.39 is 0 Å². The summed E-state index contributed by atoms with van der Waals surface area (Å²) in [5.41, 5.74) is 3.10. The number of anilines is 1. The maximum Gasteiger partial charge on any atom is 0.343 e. The third-order valence-corrected chi connectivity index (χ3v) is 3.00. The molecule has 1 amide bonds. The molecule has 0 radical (unpaired) electrons. The van der Waals surface area contributed by atoms with Gasteiger partial charge in [0.05, 0.1) is 5.56 Å². The van der Waals surface area contributed by atoms with Crippen LogP contribution in [0, 0.1) is 13.8 Å². The smallest absolute Gasteiger partial charge is 0.343 e. The maximum atomic E-state index is 12.2. The summed E-state index contributed by atoms with van der Waals surface area (Å²) in [6, 6.07) is 12.3. The van der Waals surface area contributed by atoms with Crippen molar-refractivity contribution in [3.63, 3.8) is 0 Å². The molecule has 0 aromatic heterocycles. The molecule has 0 bridgehead atoms. The molecule has 0 atom stereocenters. The van der Waals surface area contributed by atoms with Crippen molar-refractivity contribution in [2.24, 2.45) is 0 Å². The first-order chi connectivity index (χ1) is 9.95. The molecule has 2 aromatic carbocycles. The Bertz CT molecular complexity index is 675. The van der Waals surface area contributed by atoms with E-state index in [4.69, 9.17) is 4.74 Å². The zero-order valence-corrected chi connectivity index (χ0v) is 12.3. The molecule has 21 heavy (non-hydrogen) atoms. The highest BCUT2D eigenvalue weighted by Gasteiger charge is 2.11. The Morgan fingerprint density at radius 3 is 2.29 bits per heavy atom. The Labute approximate surface area is 123 Å². The summed E-state index contributed by atoms with van der Waals surface area (Å²) in [5.74, 6) is -0.0892. The molecule has 108 valence electrons. The summed E-state index contributed by atoms with van der Waals surface area (Å²) >= 11 is 0. The van der Waals surface area contributed by atoms with Crippen molar-refractivity contribution >= 4 is 17.6 Å². The zero-order chi connectivity index (χ0) is 15.4. The molecule has 0 saturated heterocycles. The Morgan fingerprint density at radius 1 is 1.00 bits per heavy atom. The van der Waals surface area contributed by atoms with Crippen LogP contribution >= 0.6 is 0 Å². The van der Waals surface area contributed by atoms with Gasteiger partial charge in [0.2, 0.25) is 5.91 Å². The van der Waals surface area contributed by atoms with Gasteiger partial charge >= 0.3 is 5.97 Å². The first kappa shape index (κ1) is 14.8. The van der Waals surface area contributed by atoms with Gasteiger partial charge in [-0.1, -0.05) is 17.7 Å². The van der Waals surface area contributed by atoms with E-state index in [0.717, 1.165) is 11.1 Å². The van der Waals surface area contributed by atoms with E-state index in [1.165, 1.54) is 6.92 Å². The summed E-state index contributed by atoms with van der Waals surface area (Å²) < 4.78 is 5.34. The minimum Gasteiger partial charge on any atom is -0.423 e. The lowest BCUT2D eigenvalue weighted by Gasteiger charge is -2.08. The van der Waals surface area contributed by atoms with Gasteiger partial charge < -0.3 is 10.1 Å². The number of hydrogen-bond donors (Lipinski definition) is 1. The number of esters is 1. The second-order valence-corrected chi connectivity index (χ2v) is 4.91. The molecule has 4 heteroatoms. The van der Waals surface area contributed by atoms with Crippen LogP contribution in [0.4, 0.5) is 5.69 Å². The fourth-order valence-corrected chi connectivity index (χ4v) is 1.93. The highest BCUT2D eigenvalue weighted by Crippen LogP contribution is 2.18. The van der Waals surface area contributed by atoms with E-state index in [2.05, 4.69) is 5.32 Å². The molecule has 0 heterocycles. The van der Waals surface area contributed by atoms with Gasteiger partial charge in [-0.25, -0.2) is 4.79 Å². The fourth-order valence-electron chi connectivity index (χ4n) is 1.93. The minimum absolute atomic E-state index is 0.143. The second kappa shape index (κ2) is 6.22. The van der Waals surface area contributed by atoms with Crippen LogP contribution in [0.1, 0.15) is 28.4 Å². The topological polar surface area (TPSA) is 55.4 Å². The van der Waals surface area contributed by atoms with Gasteiger partial charge in [-0.3, -0.25) is 4.79 Å². The van der Waals surface area contributed by atoms with E-state index in [9.17, 15) is 9.59 Å². The number of rotatable bonds is 3. The van der Waals surface area contributed by atoms with Gasteiger partial charge in [0, 0.05) is 12.6 Å². The van der Waals surface area contributed by atoms with Crippen molar-refractivity contribution < 1.29 is 14.3 Å². The lowest BCUT2D eigenvalue weighted by Crippen LogP contribution is -2.11. The number of carbonyl (C=O) groups excluding carboxylic acids is 2. The van der Waals surface area contributed by atoms with Crippen LogP contribution in [0.15, 0.2) is 42.5 Å². The summed E-state index contributed by atoms with van der Waals surface area (Å²) in [5, 5.41) is 2.65. The molecule has 2 aromatic rings. The standard InChI is InChI=1S/C17H17NO3/c1-11-4-5-12(2)16(10-11)17(20)21-15-8-6-14(7-9-15)18-13(3)19/h4-10H,1-3H3,(H,18,19). The average Bonchev–Trinajstić information content (AvgIpc) is 2.43. The quantitative estimate of drug-likeness (QED) is 0.693. The van der Waals surface area contributed by atoms with Gasteiger partial charge in [-0.2, -0.15) is 0 Å². The first-order valence-electron chi connectivity index (χ1n) is 6.63. The molecule has 1 N–H and O–H groups in total. The lowest BCUT2D eigenvalue weighted by molar-refractivity contribution is -0.114. The number of hydrogen-bond acceptors (Lipinski definition) is 3. The summed E-state index contributed by atoms with van der Waals surface area (Å²) in [7, 11) is 0. The van der Waals surface area contributed by atoms with Gasteiger partial charge in [-0.15, -0.1) is 0 Å². The SMILES string of the molecule is CC(=O)Nc1ccc(OC(=O)c2cc(C)ccc2C)cc1. The number of aryl methyl sites for hydroxylation is 2. The van der Waals surface area contributed by atoms with Crippen LogP contribution in [0.5, 0.6) is 5.75 Å². The Balaban J connectivity index is 2.12. The Morgan fingerprint density at radius 2 is 1.67 bits per heavy atom. The van der Waals surface area contributed by atoms with Gasteiger partial charge in [-0.05, 0) is 49.7 Å². The first-order valence-corrected chi connectivity index (χ1v) is 6.63. The van der Waals surface area contributed by atoms with Gasteiger partial charge in [0.25, 0.3) is 0 Å². The zero-order valence-electron chi connectivity index (χ0n) is 12.3. The minimum atomic E-state index is -0.386. The number of amides is 1. The lowest BCUT2D eigenvalue weighted by atomic mass is 10.1. The Kier molecular flexibility index (Phi) is 4.38. The van der Waals surface area contributed by atoms with Crippen LogP contribution in [0.25, 0.3) is 0 Å². The number of carbonyl (C=O) groups is 2. The number of nitrogens with one attached hydrogen (secondary N) is 1. The molecule has 0 fully saturated rings. The predicted molar refractivity (Wildman–Crippen MR) is 81.6 cm³/mol. The molecule has 0 aliphatic rings. The Hall–Kier alpha value is -2.62. The van der Waals surface area contributed by atoms with Crippen LogP contribution in [0.2, 0.25) is 0 Å². The van der Waals surface area contributed by atoms with E-state index in [1.54, 1.807) is 24.3 Å². The fraction of sp³-hybridized carbons (Fsp3) is 0.176. The van der Waals surface area contributed by atoms with Crippen molar-refractivity contribution in [3.8, 4) is 5.75 Å². The molecule has 0 unspecified atom stereocenters. The third kappa shape index (κ3) is 3.92. The molecule has 0 aliphatic heterocycles. The van der Waals surface area contributed by atoms with E-state index in [0.29, 0.717) is 17.0 Å². The second-order valence-electron chi connectivity index (χ2n) is 4.91. The van der Waals surface area contributed by atoms with Crippen molar-refractivity contribution in [1.82, 2.24) is 0 Å². The normalized spacial score (nSPS) is 10.0. The molecule has 4 nitrogen and oxygen atoms in total. The molecular formula is C17H17NO3. The third-order valence-electron chi connectivity index (χ3n) is 3.00. The van der Waals surface area contributed by atoms with Crippen molar-refractivity contribution in [2.45, 2.75) is 20.8 Å². The van der Waals surface area contributed by atoms with Gasteiger partial charge in [0.1, 0.15) is 5.75 Å². The molecule has 0 saturated carbocycles. The summed E-state index contributed by atoms with van der Waals surface area (Å²) in [4.78, 5) is 23.1. The van der Waals surface area contributed by atoms with Crippen LogP contribution in [0.3, 0.4) is 0 Å². The van der Waals surface area contributed by atoms with E-state index in [-0.39, 0.29) is 11.9 Å². The van der Waals surface area contributed by atoms with Crippen molar-refractivity contribution in [2.75, 3.05) is 5.32 Å². The highest BCUT2D eigenvalue weighted by molar-refractivity contribution is 5.93. The molecule has 2 rings (SSSR count). The predicted octanol–water partition coefficient (Wildman–Crippen LogP) is 3.48. The van der Waals surface area contributed by atoms with Crippen LogP contribution < -0.4 is 10.1 Å². The van der Waals surface area contributed by atoms with E-state index in [1.807, 2.05) is 32.0 Å². The number of ether oxygens (including phenoxy) is 1. The van der Waals surface area contributed by atoms with Crippen molar-refractivity contribution in [1.29, 1.82) is 0 Å². The maximum absolute atomic E-state index is 12.2. The number of benzene rings is 2. The van der Waals surface area contributed by atoms with Crippen molar-refractivity contribution in [3.05, 3.63) is 59.2 Å². The summed E-state index contributed by atoms with van der Waals surface area (Å²) in [6.45, 7) is 5.24. The van der Waals surface area contributed by atoms with Crippen LogP contribution in [-0.2, 0) is 4.79 Å². The van der Waals surface area contributed by atoms with E-state index >= 15 is 0 Å². The van der Waals surface area contributed by atoms with Crippen LogP contribution in [-0.4, -0.2) is 11.9 Å². The highest BCUT2D eigenvalue weighted by atomic mass is 16.5. The largest absolute Gasteiger partial charge is 0.423 e. The van der Waals surface area contributed by atoms with Gasteiger partial charge in [0.15, 0.2) is 0 Å². The average molecular weight is 283 g/mol. The molecular weight excluding hydrogens is 266 g/mol. The summed E-state index contributed by atoms with van der Waals surface area (Å²) in [6.07, 6.45) is 0.